The van der Waals surface area contributed by atoms with Gasteiger partial charge in [-0.15, -0.1) is 0 Å². The number of fused-ring (bicyclic) bond motifs is 1. The van der Waals surface area contributed by atoms with Gasteiger partial charge in [-0.1, -0.05) is 18.2 Å². The molecule has 0 fully saturated rings. The van der Waals surface area contributed by atoms with Gasteiger partial charge < -0.3 is 10.2 Å². The Labute approximate surface area is 111 Å². The Kier molecular flexibility index (Phi) is 2.68. The second-order valence-corrected chi connectivity index (χ2v) is 4.95. The lowest BCUT2D eigenvalue weighted by molar-refractivity contribution is 0.508. The van der Waals surface area contributed by atoms with Crippen molar-refractivity contribution in [2.45, 2.75) is 19.9 Å². The third kappa shape index (κ3) is 1.94. The molecule has 4 nitrogen and oxygen atoms in total. The molecule has 2 heterocycles. The first kappa shape index (κ1) is 12.0. The second-order valence-electron chi connectivity index (χ2n) is 4.95. The summed E-state index contributed by atoms with van der Waals surface area (Å²) in [7, 11) is 1.90. The average Bonchev–Trinajstić information content (AvgIpc) is 2.93. The van der Waals surface area contributed by atoms with Crippen molar-refractivity contribution in [2.75, 3.05) is 0 Å². The zero-order valence-electron chi connectivity index (χ0n) is 11.3. The molecule has 19 heavy (non-hydrogen) atoms. The Bertz CT molecular complexity index is 739. The highest BCUT2D eigenvalue weighted by Crippen LogP contribution is 2.28. The van der Waals surface area contributed by atoms with Gasteiger partial charge in [-0.2, -0.15) is 5.10 Å². The molecule has 0 saturated carbocycles. The van der Waals surface area contributed by atoms with Crippen molar-refractivity contribution in [1.82, 2.24) is 9.78 Å². The summed E-state index contributed by atoms with van der Waals surface area (Å²) in [5.41, 5.74) is 10.2. The molecule has 3 aromatic rings. The van der Waals surface area contributed by atoms with E-state index in [1.165, 1.54) is 0 Å². The van der Waals surface area contributed by atoms with Gasteiger partial charge in [0.25, 0.3) is 0 Å². The molecule has 2 N–H and O–H groups in total. The largest absolute Gasteiger partial charge is 0.459 e. The fraction of sp³-hybridized carbons (Fsp3) is 0.267. The van der Waals surface area contributed by atoms with Crippen molar-refractivity contribution in [3.8, 4) is 0 Å². The van der Waals surface area contributed by atoms with Crippen LogP contribution < -0.4 is 5.73 Å². The standard InChI is InChI=1S/C15H17N3O/c1-9-5-4-6-11-8-13(19-15(9)11)14(16)12-7-10(2)17-18(12)3/h4-8,14H,16H2,1-3H3. The molecule has 0 radical (unpaired) electrons. The van der Waals surface area contributed by atoms with Crippen LogP contribution in [-0.4, -0.2) is 9.78 Å². The summed E-state index contributed by atoms with van der Waals surface area (Å²) in [5.74, 6) is 0.771. The van der Waals surface area contributed by atoms with Crippen molar-refractivity contribution in [2.24, 2.45) is 12.8 Å². The van der Waals surface area contributed by atoms with E-state index in [0.717, 1.165) is 33.7 Å². The van der Waals surface area contributed by atoms with Gasteiger partial charge in [0.15, 0.2) is 0 Å². The predicted octanol–water partition coefficient (Wildman–Crippen LogP) is 2.83. The first-order chi connectivity index (χ1) is 9.06. The molecule has 0 saturated heterocycles. The number of furan rings is 1. The molecule has 0 aliphatic rings. The molecule has 4 heteroatoms. The highest BCUT2D eigenvalue weighted by atomic mass is 16.3. The lowest BCUT2D eigenvalue weighted by Gasteiger charge is -2.08. The molecule has 2 aromatic heterocycles. The summed E-state index contributed by atoms with van der Waals surface area (Å²) in [6.45, 7) is 3.99. The maximum Gasteiger partial charge on any atom is 0.137 e. The first-order valence-electron chi connectivity index (χ1n) is 6.31. The highest BCUT2D eigenvalue weighted by molar-refractivity contribution is 5.81. The Balaban J connectivity index is 2.09. The van der Waals surface area contributed by atoms with E-state index in [-0.39, 0.29) is 6.04 Å². The van der Waals surface area contributed by atoms with E-state index in [9.17, 15) is 0 Å². The van der Waals surface area contributed by atoms with Crippen LogP contribution in [0.1, 0.15) is 28.8 Å². The van der Waals surface area contributed by atoms with E-state index in [1.807, 2.05) is 51.2 Å². The van der Waals surface area contributed by atoms with Gasteiger partial charge in [-0.3, -0.25) is 4.68 Å². The Morgan fingerprint density at radius 3 is 2.68 bits per heavy atom. The van der Waals surface area contributed by atoms with E-state index in [0.29, 0.717) is 0 Å². The van der Waals surface area contributed by atoms with Crippen LogP contribution in [0.3, 0.4) is 0 Å². The molecule has 0 aliphatic heterocycles. The highest BCUT2D eigenvalue weighted by Gasteiger charge is 2.18. The molecule has 0 amide bonds. The van der Waals surface area contributed by atoms with Crippen molar-refractivity contribution in [3.63, 3.8) is 0 Å². The quantitative estimate of drug-likeness (QED) is 0.766. The minimum Gasteiger partial charge on any atom is -0.459 e. The summed E-state index contributed by atoms with van der Waals surface area (Å²) in [4.78, 5) is 0. The summed E-state index contributed by atoms with van der Waals surface area (Å²) < 4.78 is 7.72. The summed E-state index contributed by atoms with van der Waals surface area (Å²) in [6, 6.07) is 9.81. The molecule has 0 spiro atoms. The van der Waals surface area contributed by atoms with Crippen molar-refractivity contribution in [1.29, 1.82) is 0 Å². The van der Waals surface area contributed by atoms with Crippen LogP contribution >= 0.6 is 0 Å². The number of benzene rings is 1. The third-order valence-electron chi connectivity index (χ3n) is 3.42. The van der Waals surface area contributed by atoms with E-state index in [4.69, 9.17) is 10.2 Å². The number of nitrogens with two attached hydrogens (primary N) is 1. The number of para-hydroxylation sites is 1. The van der Waals surface area contributed by atoms with Crippen LogP contribution in [-0.2, 0) is 7.05 Å². The van der Waals surface area contributed by atoms with Crippen molar-refractivity contribution < 1.29 is 4.42 Å². The first-order valence-corrected chi connectivity index (χ1v) is 6.31. The van der Waals surface area contributed by atoms with Crippen LogP contribution in [0.15, 0.2) is 34.7 Å². The SMILES string of the molecule is Cc1cc(C(N)c2cc3cccc(C)c3o2)n(C)n1. The average molecular weight is 255 g/mol. The molecule has 1 atom stereocenters. The monoisotopic (exact) mass is 255 g/mol. The Morgan fingerprint density at radius 2 is 2.05 bits per heavy atom. The molecule has 1 aromatic carbocycles. The number of nitrogens with zero attached hydrogens (tertiary/aromatic N) is 2. The molecular weight excluding hydrogens is 238 g/mol. The van der Waals surface area contributed by atoms with Crippen LogP contribution in [0, 0.1) is 13.8 Å². The predicted molar refractivity (Wildman–Crippen MR) is 74.9 cm³/mol. The molecule has 0 bridgehead atoms. The van der Waals surface area contributed by atoms with Crippen molar-refractivity contribution >= 4 is 11.0 Å². The maximum absolute atomic E-state index is 6.29. The zero-order chi connectivity index (χ0) is 13.6. The van der Waals surface area contributed by atoms with E-state index >= 15 is 0 Å². The van der Waals surface area contributed by atoms with Crippen LogP contribution in [0.25, 0.3) is 11.0 Å². The summed E-state index contributed by atoms with van der Waals surface area (Å²) in [5, 5.41) is 5.41. The minimum atomic E-state index is -0.294. The molecule has 98 valence electrons. The third-order valence-corrected chi connectivity index (χ3v) is 3.42. The number of hydrogen-bond donors (Lipinski definition) is 1. The van der Waals surface area contributed by atoms with Crippen LogP contribution in [0.5, 0.6) is 0 Å². The fourth-order valence-corrected chi connectivity index (χ4v) is 2.45. The Hall–Kier alpha value is -2.07. The molecule has 3 rings (SSSR count). The summed E-state index contributed by atoms with van der Waals surface area (Å²) in [6.07, 6.45) is 0. The van der Waals surface area contributed by atoms with Gasteiger partial charge in [0.2, 0.25) is 0 Å². The normalized spacial score (nSPS) is 13.1. The smallest absolute Gasteiger partial charge is 0.137 e. The number of aromatic nitrogens is 2. The van der Waals surface area contributed by atoms with E-state index in [2.05, 4.69) is 5.10 Å². The minimum absolute atomic E-state index is 0.294. The Morgan fingerprint density at radius 1 is 1.26 bits per heavy atom. The lowest BCUT2D eigenvalue weighted by Crippen LogP contribution is -2.15. The number of aryl methyl sites for hydroxylation is 3. The van der Waals surface area contributed by atoms with Gasteiger partial charge in [0.1, 0.15) is 17.4 Å². The van der Waals surface area contributed by atoms with Gasteiger partial charge in [0, 0.05) is 12.4 Å². The van der Waals surface area contributed by atoms with Gasteiger partial charge in [-0.25, -0.2) is 0 Å². The lowest BCUT2D eigenvalue weighted by atomic mass is 10.1. The van der Waals surface area contributed by atoms with Gasteiger partial charge in [-0.05, 0) is 31.5 Å². The number of rotatable bonds is 2. The van der Waals surface area contributed by atoms with Crippen LogP contribution in [0.2, 0.25) is 0 Å². The van der Waals surface area contributed by atoms with E-state index in [1.54, 1.807) is 4.68 Å². The molecule has 1 unspecified atom stereocenters. The second kappa shape index (κ2) is 4.24. The number of hydrogen-bond acceptors (Lipinski definition) is 3. The molecule has 0 aliphatic carbocycles. The van der Waals surface area contributed by atoms with Gasteiger partial charge in [0.05, 0.1) is 11.4 Å². The van der Waals surface area contributed by atoms with Crippen LogP contribution in [0.4, 0.5) is 0 Å². The topological polar surface area (TPSA) is 57.0 Å². The van der Waals surface area contributed by atoms with E-state index < -0.39 is 0 Å². The van der Waals surface area contributed by atoms with Gasteiger partial charge >= 0.3 is 0 Å². The fourth-order valence-electron chi connectivity index (χ4n) is 2.45. The summed E-state index contributed by atoms with van der Waals surface area (Å²) >= 11 is 0. The maximum atomic E-state index is 6.29. The zero-order valence-corrected chi connectivity index (χ0v) is 11.3. The molecular formula is C15H17N3O. The van der Waals surface area contributed by atoms with Crippen molar-refractivity contribution in [3.05, 3.63) is 53.0 Å².